The minimum absolute atomic E-state index is 0. The Hall–Kier alpha value is -0.530. The van der Waals surface area contributed by atoms with Gasteiger partial charge in [-0.25, -0.2) is 0 Å². The van der Waals surface area contributed by atoms with Crippen LogP contribution in [0.4, 0.5) is 0 Å². The Morgan fingerprint density at radius 3 is 2.41 bits per heavy atom. The lowest BCUT2D eigenvalue weighted by atomic mass is 10.0. The first kappa shape index (κ1) is 16.5. The molecule has 1 rings (SSSR count). The summed E-state index contributed by atoms with van der Waals surface area (Å²) < 4.78 is 0. The molecule has 1 aromatic rings. The molecular weight excluding hydrogens is 230 g/mol. The summed E-state index contributed by atoms with van der Waals surface area (Å²) >= 11 is 0. The second kappa shape index (κ2) is 10.6. The Kier molecular flexibility index (Phi) is 10.3. The molecule has 1 nitrogen and oxygen atoms in total. The summed E-state index contributed by atoms with van der Waals surface area (Å²) in [6.45, 7) is 6.80. The summed E-state index contributed by atoms with van der Waals surface area (Å²) in [5, 5.41) is 3.54. The topological polar surface area (TPSA) is 12.0 Å². The first-order chi connectivity index (χ1) is 7.84. The number of nitrogens with one attached hydrogen (secondary N) is 1. The van der Waals surface area contributed by atoms with Crippen LogP contribution < -0.4 is 5.32 Å². The fraction of sp³-hybridized carbons (Fsp3) is 0.600. The zero-order chi connectivity index (χ0) is 11.6. The molecule has 0 amide bonds. The molecule has 0 saturated carbocycles. The van der Waals surface area contributed by atoms with Crippen molar-refractivity contribution in [3.8, 4) is 0 Å². The van der Waals surface area contributed by atoms with Crippen LogP contribution in [0, 0.1) is 0 Å². The zero-order valence-electron chi connectivity index (χ0n) is 11.1. The van der Waals surface area contributed by atoms with Crippen molar-refractivity contribution in [2.45, 2.75) is 45.4 Å². The van der Waals surface area contributed by atoms with Crippen LogP contribution in [0.2, 0.25) is 0 Å². The van der Waals surface area contributed by atoms with Crippen LogP contribution in [0.25, 0.3) is 0 Å². The summed E-state index contributed by atoms with van der Waals surface area (Å²) in [6, 6.07) is 10.7. The number of hydrogen-bond acceptors (Lipinski definition) is 1. The van der Waals surface area contributed by atoms with E-state index in [2.05, 4.69) is 49.5 Å². The molecular formula is C15H26ClN. The molecule has 98 valence electrons. The van der Waals surface area contributed by atoms with Crippen molar-refractivity contribution in [1.29, 1.82) is 0 Å². The van der Waals surface area contributed by atoms with Crippen molar-refractivity contribution in [3.05, 3.63) is 35.9 Å². The molecule has 0 radical (unpaired) electrons. The van der Waals surface area contributed by atoms with Crippen molar-refractivity contribution in [2.24, 2.45) is 0 Å². The SMILES string of the molecule is CCCCCCNCC(C)c1ccccc1.Cl. The summed E-state index contributed by atoms with van der Waals surface area (Å²) in [5.41, 5.74) is 1.43. The van der Waals surface area contributed by atoms with Crippen molar-refractivity contribution in [3.63, 3.8) is 0 Å². The molecule has 1 atom stereocenters. The molecule has 0 aliphatic heterocycles. The van der Waals surface area contributed by atoms with E-state index in [4.69, 9.17) is 0 Å². The summed E-state index contributed by atoms with van der Waals surface area (Å²) in [7, 11) is 0. The smallest absolute Gasteiger partial charge is 0.00174 e. The maximum Gasteiger partial charge on any atom is 0.00174 e. The van der Waals surface area contributed by atoms with E-state index in [1.165, 1.54) is 31.2 Å². The molecule has 0 fully saturated rings. The van der Waals surface area contributed by atoms with Crippen molar-refractivity contribution in [1.82, 2.24) is 5.32 Å². The van der Waals surface area contributed by atoms with Crippen LogP contribution in [0.5, 0.6) is 0 Å². The molecule has 1 aromatic carbocycles. The van der Waals surface area contributed by atoms with Gasteiger partial charge in [-0.3, -0.25) is 0 Å². The van der Waals surface area contributed by atoms with Gasteiger partial charge in [-0.1, -0.05) is 63.4 Å². The van der Waals surface area contributed by atoms with E-state index in [0.717, 1.165) is 13.1 Å². The van der Waals surface area contributed by atoms with Gasteiger partial charge in [-0.05, 0) is 24.4 Å². The monoisotopic (exact) mass is 255 g/mol. The molecule has 2 heteroatoms. The summed E-state index contributed by atoms with van der Waals surface area (Å²) in [6.07, 6.45) is 5.37. The van der Waals surface area contributed by atoms with Crippen LogP contribution >= 0.6 is 12.4 Å². The van der Waals surface area contributed by atoms with Gasteiger partial charge in [0.15, 0.2) is 0 Å². The van der Waals surface area contributed by atoms with Gasteiger partial charge in [0.2, 0.25) is 0 Å². The maximum atomic E-state index is 3.54. The molecule has 0 bridgehead atoms. The normalized spacial score (nSPS) is 11.9. The molecule has 1 N–H and O–H groups in total. The van der Waals surface area contributed by atoms with Crippen LogP contribution in [0.3, 0.4) is 0 Å². The quantitative estimate of drug-likeness (QED) is 0.680. The van der Waals surface area contributed by atoms with E-state index in [-0.39, 0.29) is 12.4 Å². The van der Waals surface area contributed by atoms with Gasteiger partial charge in [-0.2, -0.15) is 0 Å². The minimum atomic E-state index is 0. The minimum Gasteiger partial charge on any atom is -0.316 e. The number of unbranched alkanes of at least 4 members (excludes halogenated alkanes) is 3. The van der Waals surface area contributed by atoms with Gasteiger partial charge in [0.1, 0.15) is 0 Å². The molecule has 0 aliphatic rings. The van der Waals surface area contributed by atoms with E-state index in [1.54, 1.807) is 0 Å². The van der Waals surface area contributed by atoms with E-state index >= 15 is 0 Å². The van der Waals surface area contributed by atoms with Crippen molar-refractivity contribution < 1.29 is 0 Å². The van der Waals surface area contributed by atoms with E-state index in [9.17, 15) is 0 Å². The average molecular weight is 256 g/mol. The van der Waals surface area contributed by atoms with Gasteiger partial charge in [-0.15, -0.1) is 12.4 Å². The van der Waals surface area contributed by atoms with Gasteiger partial charge in [0, 0.05) is 6.54 Å². The van der Waals surface area contributed by atoms with Crippen LogP contribution in [-0.2, 0) is 0 Å². The van der Waals surface area contributed by atoms with Crippen LogP contribution in [0.1, 0.15) is 51.0 Å². The van der Waals surface area contributed by atoms with Gasteiger partial charge >= 0.3 is 0 Å². The highest BCUT2D eigenvalue weighted by Crippen LogP contribution is 2.12. The molecule has 0 heterocycles. The molecule has 0 spiro atoms. The predicted octanol–water partition coefficient (Wildman–Crippen LogP) is 4.38. The molecule has 0 aliphatic carbocycles. The number of hydrogen-bond donors (Lipinski definition) is 1. The lowest BCUT2D eigenvalue weighted by Gasteiger charge is -2.12. The Labute approximate surface area is 112 Å². The fourth-order valence-electron chi connectivity index (χ4n) is 1.89. The Bertz CT molecular complexity index is 261. The fourth-order valence-corrected chi connectivity index (χ4v) is 1.89. The Morgan fingerprint density at radius 1 is 1.06 bits per heavy atom. The van der Waals surface area contributed by atoms with E-state index in [1.807, 2.05) is 0 Å². The average Bonchev–Trinajstić information content (AvgIpc) is 2.34. The summed E-state index contributed by atoms with van der Waals surface area (Å²) in [4.78, 5) is 0. The third-order valence-electron chi connectivity index (χ3n) is 3.03. The van der Waals surface area contributed by atoms with Gasteiger partial charge in [0.05, 0.1) is 0 Å². The Morgan fingerprint density at radius 2 is 1.76 bits per heavy atom. The van der Waals surface area contributed by atoms with Gasteiger partial charge < -0.3 is 5.32 Å². The predicted molar refractivity (Wildman–Crippen MR) is 79.1 cm³/mol. The maximum absolute atomic E-state index is 3.54. The zero-order valence-corrected chi connectivity index (χ0v) is 11.9. The third kappa shape index (κ3) is 7.40. The highest BCUT2D eigenvalue weighted by atomic mass is 35.5. The Balaban J connectivity index is 0.00000256. The van der Waals surface area contributed by atoms with Crippen LogP contribution in [-0.4, -0.2) is 13.1 Å². The molecule has 1 unspecified atom stereocenters. The van der Waals surface area contributed by atoms with Crippen molar-refractivity contribution in [2.75, 3.05) is 13.1 Å². The summed E-state index contributed by atoms with van der Waals surface area (Å²) in [5.74, 6) is 0.618. The first-order valence-corrected chi connectivity index (χ1v) is 6.60. The second-order valence-electron chi connectivity index (χ2n) is 4.58. The number of halogens is 1. The van der Waals surface area contributed by atoms with Gasteiger partial charge in [0.25, 0.3) is 0 Å². The van der Waals surface area contributed by atoms with Crippen molar-refractivity contribution >= 4 is 12.4 Å². The molecule has 0 saturated heterocycles. The largest absolute Gasteiger partial charge is 0.316 e. The molecule has 0 aromatic heterocycles. The third-order valence-corrected chi connectivity index (χ3v) is 3.03. The number of rotatable bonds is 8. The first-order valence-electron chi connectivity index (χ1n) is 6.60. The van der Waals surface area contributed by atoms with E-state index in [0.29, 0.717) is 5.92 Å². The standard InChI is InChI=1S/C15H25N.ClH/c1-3-4-5-9-12-16-13-14(2)15-10-7-6-8-11-15;/h6-8,10-11,14,16H,3-5,9,12-13H2,1-2H3;1H. The highest BCUT2D eigenvalue weighted by Gasteiger charge is 2.02. The highest BCUT2D eigenvalue weighted by molar-refractivity contribution is 5.85. The van der Waals surface area contributed by atoms with Crippen LogP contribution in [0.15, 0.2) is 30.3 Å². The second-order valence-corrected chi connectivity index (χ2v) is 4.58. The molecule has 17 heavy (non-hydrogen) atoms. The lowest BCUT2D eigenvalue weighted by molar-refractivity contribution is 0.568. The number of benzene rings is 1. The lowest BCUT2D eigenvalue weighted by Crippen LogP contribution is -2.21. The van der Waals surface area contributed by atoms with E-state index < -0.39 is 0 Å².